The summed E-state index contributed by atoms with van der Waals surface area (Å²) in [5, 5.41) is 2.99. The van der Waals surface area contributed by atoms with Gasteiger partial charge in [0.05, 0.1) is 6.04 Å². The summed E-state index contributed by atoms with van der Waals surface area (Å²) < 4.78 is 12.9. The fraction of sp³-hybridized carbons (Fsp3) is 0.500. The maximum absolute atomic E-state index is 12.9. The summed E-state index contributed by atoms with van der Waals surface area (Å²) in [7, 11) is 1.84. The fourth-order valence-corrected chi connectivity index (χ4v) is 2.47. The molecule has 3 nitrogen and oxygen atoms in total. The summed E-state index contributed by atoms with van der Waals surface area (Å²) in [6.07, 6.45) is 2.51. The Morgan fingerprint density at radius 2 is 2.17 bits per heavy atom. The van der Waals surface area contributed by atoms with Crippen LogP contribution in [-0.2, 0) is 4.79 Å². The van der Waals surface area contributed by atoms with Crippen LogP contribution in [0.3, 0.4) is 0 Å². The third-order valence-corrected chi connectivity index (χ3v) is 3.42. The molecule has 1 aromatic rings. The second-order valence-corrected chi connectivity index (χ2v) is 4.65. The largest absolute Gasteiger partial charge is 0.336 e. The molecule has 0 saturated carbocycles. The van der Waals surface area contributed by atoms with Crippen molar-refractivity contribution in [3.05, 3.63) is 35.6 Å². The molecule has 1 heterocycles. The van der Waals surface area contributed by atoms with Crippen molar-refractivity contribution in [3.63, 3.8) is 0 Å². The minimum absolute atomic E-state index is 0.120. The van der Waals surface area contributed by atoms with Gasteiger partial charge in [-0.3, -0.25) is 4.79 Å². The maximum Gasteiger partial charge on any atom is 0.224 e. The van der Waals surface area contributed by atoms with Crippen LogP contribution in [0.1, 0.15) is 30.9 Å². The Morgan fingerprint density at radius 1 is 1.44 bits per heavy atom. The van der Waals surface area contributed by atoms with Crippen LogP contribution in [0.5, 0.6) is 0 Å². The van der Waals surface area contributed by atoms with Crippen LogP contribution in [0, 0.1) is 5.82 Å². The third-order valence-electron chi connectivity index (χ3n) is 3.42. The predicted molar refractivity (Wildman–Crippen MR) is 68.6 cm³/mol. The number of halogens is 1. The van der Waals surface area contributed by atoms with E-state index in [9.17, 15) is 9.18 Å². The number of nitrogens with zero attached hydrogens (tertiary/aromatic N) is 1. The Balaban J connectivity index is 2.07. The Morgan fingerprint density at radius 3 is 2.83 bits per heavy atom. The van der Waals surface area contributed by atoms with Crippen molar-refractivity contribution in [1.82, 2.24) is 10.2 Å². The maximum atomic E-state index is 12.9. The van der Waals surface area contributed by atoms with Gasteiger partial charge in [0, 0.05) is 19.5 Å². The number of rotatable bonds is 4. The second-order valence-electron chi connectivity index (χ2n) is 4.65. The van der Waals surface area contributed by atoms with Gasteiger partial charge < -0.3 is 10.2 Å². The van der Waals surface area contributed by atoms with Crippen LogP contribution in [0.4, 0.5) is 4.39 Å². The lowest BCUT2D eigenvalue weighted by atomic mass is 10.0. The van der Waals surface area contributed by atoms with Crippen LogP contribution in [0.15, 0.2) is 24.3 Å². The molecule has 0 aliphatic carbocycles. The highest BCUT2D eigenvalue weighted by atomic mass is 19.1. The smallest absolute Gasteiger partial charge is 0.224 e. The van der Waals surface area contributed by atoms with E-state index in [4.69, 9.17) is 0 Å². The molecule has 18 heavy (non-hydrogen) atoms. The van der Waals surface area contributed by atoms with E-state index >= 15 is 0 Å². The molecule has 1 amide bonds. The van der Waals surface area contributed by atoms with E-state index in [1.807, 2.05) is 11.9 Å². The Hall–Kier alpha value is -1.42. The molecule has 1 unspecified atom stereocenters. The van der Waals surface area contributed by atoms with Gasteiger partial charge >= 0.3 is 0 Å². The highest BCUT2D eigenvalue weighted by Crippen LogP contribution is 2.32. The SMILES string of the molecule is CNCCC(=O)N1CCCC1c1ccc(F)cc1. The first kappa shape index (κ1) is 13.0. The Labute approximate surface area is 107 Å². The Kier molecular flexibility index (Phi) is 4.31. The molecule has 1 atom stereocenters. The van der Waals surface area contributed by atoms with Gasteiger partial charge in [0.15, 0.2) is 0 Å². The molecule has 98 valence electrons. The molecule has 0 bridgehead atoms. The number of likely N-dealkylation sites (tertiary alicyclic amines) is 1. The van der Waals surface area contributed by atoms with Crippen molar-refractivity contribution in [2.24, 2.45) is 0 Å². The first-order valence-electron chi connectivity index (χ1n) is 6.42. The van der Waals surface area contributed by atoms with Crippen molar-refractivity contribution in [2.75, 3.05) is 20.1 Å². The number of benzene rings is 1. The Bertz CT molecular complexity index is 405. The van der Waals surface area contributed by atoms with Gasteiger partial charge in [-0.05, 0) is 37.6 Å². The molecule has 1 aliphatic heterocycles. The van der Waals surface area contributed by atoms with E-state index in [0.717, 1.165) is 24.9 Å². The highest BCUT2D eigenvalue weighted by molar-refractivity contribution is 5.77. The van der Waals surface area contributed by atoms with Gasteiger partial charge in [-0.2, -0.15) is 0 Å². The summed E-state index contributed by atoms with van der Waals surface area (Å²) in [5.74, 6) is -0.0546. The van der Waals surface area contributed by atoms with E-state index in [1.54, 1.807) is 12.1 Å². The molecule has 1 aromatic carbocycles. The normalized spacial score (nSPS) is 19.2. The lowest BCUT2D eigenvalue weighted by molar-refractivity contribution is -0.132. The number of amides is 1. The number of hydrogen-bond acceptors (Lipinski definition) is 2. The zero-order valence-electron chi connectivity index (χ0n) is 10.7. The van der Waals surface area contributed by atoms with Crippen molar-refractivity contribution >= 4 is 5.91 Å². The lowest BCUT2D eigenvalue weighted by Crippen LogP contribution is -2.32. The summed E-state index contributed by atoms with van der Waals surface area (Å²) in [6, 6.07) is 6.61. The second kappa shape index (κ2) is 5.96. The average molecular weight is 250 g/mol. The minimum atomic E-state index is -0.232. The molecular weight excluding hydrogens is 231 g/mol. The zero-order chi connectivity index (χ0) is 13.0. The predicted octanol–water partition coefficient (Wildman–Crippen LogP) is 2.10. The molecule has 0 radical (unpaired) electrons. The monoisotopic (exact) mass is 250 g/mol. The molecule has 1 N–H and O–H groups in total. The molecule has 1 aliphatic rings. The van der Waals surface area contributed by atoms with Gasteiger partial charge in [0.25, 0.3) is 0 Å². The number of hydrogen-bond donors (Lipinski definition) is 1. The van der Waals surface area contributed by atoms with Crippen LogP contribution in [0.25, 0.3) is 0 Å². The number of nitrogens with one attached hydrogen (secondary N) is 1. The van der Waals surface area contributed by atoms with Gasteiger partial charge in [-0.25, -0.2) is 4.39 Å². The summed E-state index contributed by atoms with van der Waals surface area (Å²) >= 11 is 0. The fourth-order valence-electron chi connectivity index (χ4n) is 2.47. The molecule has 1 fully saturated rings. The zero-order valence-corrected chi connectivity index (χ0v) is 10.7. The van der Waals surface area contributed by atoms with Crippen LogP contribution >= 0.6 is 0 Å². The molecule has 2 rings (SSSR count). The highest BCUT2D eigenvalue weighted by Gasteiger charge is 2.29. The molecule has 1 saturated heterocycles. The van der Waals surface area contributed by atoms with Crippen molar-refractivity contribution in [2.45, 2.75) is 25.3 Å². The van der Waals surface area contributed by atoms with Gasteiger partial charge in [-0.15, -0.1) is 0 Å². The van der Waals surface area contributed by atoms with Crippen LogP contribution < -0.4 is 5.32 Å². The number of carbonyl (C=O) groups excluding carboxylic acids is 1. The standard InChI is InChI=1S/C14H19FN2O/c1-16-9-8-14(18)17-10-2-3-13(17)11-4-6-12(15)7-5-11/h4-7,13,16H,2-3,8-10H2,1H3. The third kappa shape index (κ3) is 2.88. The van der Waals surface area contributed by atoms with Crippen molar-refractivity contribution in [1.29, 1.82) is 0 Å². The van der Waals surface area contributed by atoms with Gasteiger partial charge in [0.1, 0.15) is 5.82 Å². The van der Waals surface area contributed by atoms with E-state index in [-0.39, 0.29) is 17.8 Å². The van der Waals surface area contributed by atoms with E-state index in [0.29, 0.717) is 13.0 Å². The molecular formula is C14H19FN2O. The molecule has 0 spiro atoms. The summed E-state index contributed by atoms with van der Waals surface area (Å²) in [6.45, 7) is 1.51. The van der Waals surface area contributed by atoms with E-state index < -0.39 is 0 Å². The first-order chi connectivity index (χ1) is 8.72. The molecule has 4 heteroatoms. The van der Waals surface area contributed by atoms with Gasteiger partial charge in [-0.1, -0.05) is 12.1 Å². The topological polar surface area (TPSA) is 32.3 Å². The summed E-state index contributed by atoms with van der Waals surface area (Å²) in [4.78, 5) is 14.0. The van der Waals surface area contributed by atoms with Crippen LogP contribution in [0.2, 0.25) is 0 Å². The van der Waals surface area contributed by atoms with Crippen molar-refractivity contribution in [3.8, 4) is 0 Å². The number of carbonyl (C=O) groups is 1. The van der Waals surface area contributed by atoms with E-state index in [1.165, 1.54) is 12.1 Å². The first-order valence-corrected chi connectivity index (χ1v) is 6.42. The van der Waals surface area contributed by atoms with Crippen molar-refractivity contribution < 1.29 is 9.18 Å². The van der Waals surface area contributed by atoms with Gasteiger partial charge in [0.2, 0.25) is 5.91 Å². The van der Waals surface area contributed by atoms with E-state index in [2.05, 4.69) is 5.32 Å². The average Bonchev–Trinajstić information content (AvgIpc) is 2.86. The van der Waals surface area contributed by atoms with Crippen LogP contribution in [-0.4, -0.2) is 30.9 Å². The minimum Gasteiger partial charge on any atom is -0.336 e. The summed E-state index contributed by atoms with van der Waals surface area (Å²) in [5.41, 5.74) is 1.03. The lowest BCUT2D eigenvalue weighted by Gasteiger charge is -2.25. The molecule has 0 aromatic heterocycles. The quantitative estimate of drug-likeness (QED) is 0.887.